The van der Waals surface area contributed by atoms with Crippen LogP contribution in [-0.2, 0) is 6.54 Å². The van der Waals surface area contributed by atoms with E-state index < -0.39 is 5.97 Å². The molecule has 1 aliphatic rings. The van der Waals surface area contributed by atoms with E-state index in [-0.39, 0.29) is 17.6 Å². The Balaban J connectivity index is 1.60. The zero-order chi connectivity index (χ0) is 15.0. The first-order valence-corrected chi connectivity index (χ1v) is 6.65. The summed E-state index contributed by atoms with van der Waals surface area (Å²) in [4.78, 5) is 12.8. The van der Waals surface area contributed by atoms with Gasteiger partial charge in [0.2, 0.25) is 0 Å². The van der Waals surface area contributed by atoms with Gasteiger partial charge in [0.15, 0.2) is 5.69 Å². The van der Waals surface area contributed by atoms with E-state index in [4.69, 9.17) is 5.11 Å². The molecule has 1 N–H and O–H groups in total. The molecule has 7 heteroatoms. The number of hydrogen-bond donors (Lipinski definition) is 1. The van der Waals surface area contributed by atoms with Crippen LogP contribution in [0.3, 0.4) is 0 Å². The number of likely N-dealkylation sites (tertiary alicyclic amines) is 1. The summed E-state index contributed by atoms with van der Waals surface area (Å²) in [5, 5.41) is 16.2. The van der Waals surface area contributed by atoms with Gasteiger partial charge in [0.1, 0.15) is 5.82 Å². The number of carbonyl (C=O) groups is 1. The third kappa shape index (κ3) is 2.78. The Morgan fingerprint density at radius 2 is 2.24 bits per heavy atom. The highest BCUT2D eigenvalue weighted by Gasteiger charge is 2.30. The molecule has 0 aliphatic carbocycles. The van der Waals surface area contributed by atoms with Crippen LogP contribution in [0.4, 0.5) is 4.39 Å². The molecule has 0 radical (unpaired) electrons. The standard InChI is InChI=1S/C14H15FN4O2/c1-9-2-3-12(15)10(4-9)5-18-6-11(7-18)19-8-13(14(20)21)16-17-19/h2-4,8,11H,5-7H2,1H3,(H,20,21). The van der Waals surface area contributed by atoms with Crippen LogP contribution in [0.5, 0.6) is 0 Å². The van der Waals surface area contributed by atoms with Crippen molar-refractivity contribution in [3.63, 3.8) is 0 Å². The number of carboxylic acids is 1. The number of rotatable bonds is 4. The van der Waals surface area contributed by atoms with Gasteiger partial charge in [-0.2, -0.15) is 0 Å². The molecule has 21 heavy (non-hydrogen) atoms. The van der Waals surface area contributed by atoms with Gasteiger partial charge in [-0.15, -0.1) is 5.10 Å². The highest BCUT2D eigenvalue weighted by molar-refractivity contribution is 5.84. The van der Waals surface area contributed by atoms with Crippen molar-refractivity contribution < 1.29 is 14.3 Å². The van der Waals surface area contributed by atoms with Crippen LogP contribution in [0, 0.1) is 12.7 Å². The first-order chi connectivity index (χ1) is 10.0. The van der Waals surface area contributed by atoms with Crippen molar-refractivity contribution in [2.24, 2.45) is 0 Å². The Morgan fingerprint density at radius 1 is 1.48 bits per heavy atom. The molecule has 0 spiro atoms. The number of nitrogens with zero attached hydrogens (tertiary/aromatic N) is 4. The lowest BCUT2D eigenvalue weighted by atomic mass is 10.1. The highest BCUT2D eigenvalue weighted by atomic mass is 19.1. The van der Waals surface area contributed by atoms with E-state index in [0.717, 1.165) is 5.56 Å². The SMILES string of the molecule is Cc1ccc(F)c(CN2CC(n3cc(C(=O)O)nn3)C2)c1. The van der Waals surface area contributed by atoms with Crippen molar-refractivity contribution in [1.82, 2.24) is 19.9 Å². The van der Waals surface area contributed by atoms with Crippen LogP contribution in [0.1, 0.15) is 27.7 Å². The fourth-order valence-corrected chi connectivity index (χ4v) is 2.46. The van der Waals surface area contributed by atoms with Gasteiger partial charge in [-0.3, -0.25) is 4.90 Å². The van der Waals surface area contributed by atoms with E-state index in [1.807, 2.05) is 13.0 Å². The summed E-state index contributed by atoms with van der Waals surface area (Å²) in [7, 11) is 0. The molecule has 0 bridgehead atoms. The van der Waals surface area contributed by atoms with Crippen LogP contribution in [0.15, 0.2) is 24.4 Å². The Labute approximate surface area is 120 Å². The number of aryl methyl sites for hydroxylation is 1. The molecule has 6 nitrogen and oxygen atoms in total. The van der Waals surface area contributed by atoms with Gasteiger partial charge in [-0.1, -0.05) is 22.9 Å². The summed E-state index contributed by atoms with van der Waals surface area (Å²) in [6, 6.07) is 5.18. The van der Waals surface area contributed by atoms with Crippen molar-refractivity contribution in [3.8, 4) is 0 Å². The van der Waals surface area contributed by atoms with Crippen LogP contribution in [0.2, 0.25) is 0 Å². The van der Waals surface area contributed by atoms with Crippen molar-refractivity contribution in [2.45, 2.75) is 19.5 Å². The van der Waals surface area contributed by atoms with Gasteiger partial charge in [0, 0.05) is 25.2 Å². The lowest BCUT2D eigenvalue weighted by molar-refractivity contribution is 0.0690. The van der Waals surface area contributed by atoms with Crippen molar-refractivity contribution in [2.75, 3.05) is 13.1 Å². The molecule has 3 rings (SSSR count). The molecular weight excluding hydrogens is 275 g/mol. The van der Waals surface area contributed by atoms with Crippen LogP contribution < -0.4 is 0 Å². The number of carboxylic acid groups (broad SMARTS) is 1. The zero-order valence-corrected chi connectivity index (χ0v) is 11.5. The quantitative estimate of drug-likeness (QED) is 0.923. The van der Waals surface area contributed by atoms with Gasteiger partial charge < -0.3 is 5.11 Å². The zero-order valence-electron chi connectivity index (χ0n) is 11.5. The predicted octanol–water partition coefficient (Wildman–Crippen LogP) is 1.48. The molecule has 2 heterocycles. The Morgan fingerprint density at radius 3 is 2.90 bits per heavy atom. The second-order valence-electron chi connectivity index (χ2n) is 5.33. The molecule has 1 aliphatic heterocycles. The summed E-state index contributed by atoms with van der Waals surface area (Å²) in [6.45, 7) is 3.89. The van der Waals surface area contributed by atoms with Crippen LogP contribution in [-0.4, -0.2) is 44.1 Å². The maximum atomic E-state index is 13.7. The largest absolute Gasteiger partial charge is 0.476 e. The van der Waals surface area contributed by atoms with E-state index in [9.17, 15) is 9.18 Å². The summed E-state index contributed by atoms with van der Waals surface area (Å²) in [6.07, 6.45) is 1.43. The van der Waals surface area contributed by atoms with Gasteiger partial charge in [-0.05, 0) is 13.0 Å². The summed E-state index contributed by atoms with van der Waals surface area (Å²) in [5.41, 5.74) is 1.65. The van der Waals surface area contributed by atoms with Crippen LogP contribution >= 0.6 is 0 Å². The molecule has 1 aromatic carbocycles. The van der Waals surface area contributed by atoms with Crippen molar-refractivity contribution in [1.29, 1.82) is 0 Å². The minimum Gasteiger partial charge on any atom is -0.476 e. The third-order valence-corrected chi connectivity index (χ3v) is 3.64. The normalized spacial score (nSPS) is 15.9. The first-order valence-electron chi connectivity index (χ1n) is 6.65. The van der Waals surface area contributed by atoms with Gasteiger partial charge in [-0.25, -0.2) is 13.9 Å². The van der Waals surface area contributed by atoms with Crippen molar-refractivity contribution in [3.05, 3.63) is 47.0 Å². The Kier molecular flexibility index (Phi) is 3.42. The fraction of sp³-hybridized carbons (Fsp3) is 0.357. The molecular formula is C14H15FN4O2. The van der Waals surface area contributed by atoms with Crippen molar-refractivity contribution >= 4 is 5.97 Å². The van der Waals surface area contributed by atoms with Gasteiger partial charge >= 0.3 is 5.97 Å². The lowest BCUT2D eigenvalue weighted by Crippen LogP contribution is -2.47. The second kappa shape index (κ2) is 5.25. The van der Waals surface area contributed by atoms with Gasteiger partial charge in [0.05, 0.1) is 12.2 Å². The number of aromatic nitrogens is 3. The number of benzene rings is 1. The summed E-state index contributed by atoms with van der Waals surface area (Å²) >= 11 is 0. The molecule has 0 atom stereocenters. The predicted molar refractivity (Wildman–Crippen MR) is 72.4 cm³/mol. The molecule has 0 unspecified atom stereocenters. The highest BCUT2D eigenvalue weighted by Crippen LogP contribution is 2.23. The maximum Gasteiger partial charge on any atom is 0.358 e. The van der Waals surface area contributed by atoms with Gasteiger partial charge in [0.25, 0.3) is 0 Å². The molecule has 0 saturated carbocycles. The second-order valence-corrected chi connectivity index (χ2v) is 5.33. The maximum absolute atomic E-state index is 13.7. The minimum atomic E-state index is -1.08. The monoisotopic (exact) mass is 290 g/mol. The van der Waals surface area contributed by atoms with E-state index in [2.05, 4.69) is 15.2 Å². The lowest BCUT2D eigenvalue weighted by Gasteiger charge is -2.38. The molecule has 1 aromatic heterocycles. The van der Waals surface area contributed by atoms with E-state index in [1.54, 1.807) is 10.7 Å². The molecule has 1 saturated heterocycles. The molecule has 1 fully saturated rings. The topological polar surface area (TPSA) is 71.2 Å². The number of aromatic carboxylic acids is 1. The summed E-state index contributed by atoms with van der Waals surface area (Å²) in [5.74, 6) is -1.28. The number of halogens is 1. The average Bonchev–Trinajstić information content (AvgIpc) is 2.86. The number of hydrogen-bond acceptors (Lipinski definition) is 4. The Hall–Kier alpha value is -2.28. The van der Waals surface area contributed by atoms with E-state index in [1.165, 1.54) is 12.3 Å². The molecule has 2 aromatic rings. The van der Waals surface area contributed by atoms with E-state index in [0.29, 0.717) is 25.2 Å². The minimum absolute atomic E-state index is 0.0572. The smallest absolute Gasteiger partial charge is 0.358 e. The molecule has 110 valence electrons. The van der Waals surface area contributed by atoms with Crippen LogP contribution in [0.25, 0.3) is 0 Å². The average molecular weight is 290 g/mol. The Bertz CT molecular complexity index is 679. The summed E-state index contributed by atoms with van der Waals surface area (Å²) < 4.78 is 15.2. The molecule has 0 amide bonds. The third-order valence-electron chi connectivity index (χ3n) is 3.64. The van der Waals surface area contributed by atoms with E-state index >= 15 is 0 Å². The fourth-order valence-electron chi connectivity index (χ4n) is 2.46. The first kappa shape index (κ1) is 13.7.